The minimum atomic E-state index is 0.147. The van der Waals surface area contributed by atoms with Crippen molar-refractivity contribution in [3.8, 4) is 11.5 Å². The van der Waals surface area contributed by atoms with E-state index in [-0.39, 0.29) is 5.75 Å². The van der Waals surface area contributed by atoms with Gasteiger partial charge in [0.15, 0.2) is 11.5 Å². The smallest absolute Gasteiger partial charge is 0.160 e. The molecule has 0 unspecified atom stereocenters. The van der Waals surface area contributed by atoms with Gasteiger partial charge in [0.2, 0.25) is 0 Å². The van der Waals surface area contributed by atoms with Gasteiger partial charge in [-0.15, -0.1) is 0 Å². The van der Waals surface area contributed by atoms with E-state index in [0.717, 1.165) is 20.2 Å². The van der Waals surface area contributed by atoms with Crippen LogP contribution in [0.1, 0.15) is 11.1 Å². The average Bonchev–Trinajstić information content (AvgIpc) is 2.37. The Morgan fingerprint density at radius 3 is 2.35 bits per heavy atom. The Bertz CT molecular complexity index is 606. The van der Waals surface area contributed by atoms with E-state index in [4.69, 9.17) is 4.74 Å². The molecule has 2 rings (SSSR count). The number of hydrogen-bond acceptors (Lipinski definition) is 3. The van der Waals surface area contributed by atoms with Crippen molar-refractivity contribution in [3.05, 3.63) is 50.4 Å². The standard InChI is InChI=1S/C15H15Br2NO2/c1-9-5-11(16)15(12(17)6-9)18-8-10-3-4-14(20-2)13(19)7-10/h3-7,18-19H,8H2,1-2H3. The minimum Gasteiger partial charge on any atom is -0.504 e. The number of phenols is 1. The van der Waals surface area contributed by atoms with Gasteiger partial charge in [0.05, 0.1) is 12.8 Å². The number of anilines is 1. The molecule has 0 atom stereocenters. The molecule has 0 radical (unpaired) electrons. The van der Waals surface area contributed by atoms with Crippen molar-refractivity contribution < 1.29 is 9.84 Å². The summed E-state index contributed by atoms with van der Waals surface area (Å²) >= 11 is 7.09. The first-order valence-corrected chi connectivity index (χ1v) is 7.65. The Morgan fingerprint density at radius 2 is 1.80 bits per heavy atom. The summed E-state index contributed by atoms with van der Waals surface area (Å²) in [5, 5.41) is 13.1. The fourth-order valence-electron chi connectivity index (χ4n) is 1.90. The summed E-state index contributed by atoms with van der Waals surface area (Å²) in [7, 11) is 1.54. The summed E-state index contributed by atoms with van der Waals surface area (Å²) < 4.78 is 7.03. The topological polar surface area (TPSA) is 41.5 Å². The molecule has 0 saturated heterocycles. The first-order chi connectivity index (χ1) is 9.51. The Labute approximate surface area is 135 Å². The lowest BCUT2D eigenvalue weighted by molar-refractivity contribution is 0.373. The summed E-state index contributed by atoms with van der Waals surface area (Å²) in [5.41, 5.74) is 3.14. The van der Waals surface area contributed by atoms with Crippen molar-refractivity contribution in [2.24, 2.45) is 0 Å². The van der Waals surface area contributed by atoms with Crippen LogP contribution in [-0.4, -0.2) is 12.2 Å². The summed E-state index contributed by atoms with van der Waals surface area (Å²) in [4.78, 5) is 0. The highest BCUT2D eigenvalue weighted by molar-refractivity contribution is 9.11. The van der Waals surface area contributed by atoms with Crippen LogP contribution in [0.5, 0.6) is 11.5 Å². The minimum absolute atomic E-state index is 0.147. The van der Waals surface area contributed by atoms with E-state index in [1.54, 1.807) is 12.1 Å². The molecule has 5 heteroatoms. The van der Waals surface area contributed by atoms with Gasteiger partial charge in [-0.1, -0.05) is 6.07 Å². The first-order valence-electron chi connectivity index (χ1n) is 6.06. The Balaban J connectivity index is 2.15. The molecule has 0 bridgehead atoms. The molecule has 0 fully saturated rings. The number of rotatable bonds is 4. The Kier molecular flexibility index (Phi) is 4.94. The van der Waals surface area contributed by atoms with Crippen molar-refractivity contribution in [2.75, 3.05) is 12.4 Å². The molecule has 0 heterocycles. The van der Waals surface area contributed by atoms with Crippen LogP contribution in [0.4, 0.5) is 5.69 Å². The fourth-order valence-corrected chi connectivity index (χ4v) is 3.60. The predicted molar refractivity (Wildman–Crippen MR) is 88.6 cm³/mol. The summed E-state index contributed by atoms with van der Waals surface area (Å²) in [6.07, 6.45) is 0. The Morgan fingerprint density at radius 1 is 1.15 bits per heavy atom. The largest absolute Gasteiger partial charge is 0.504 e. The van der Waals surface area contributed by atoms with E-state index in [1.807, 2.05) is 13.0 Å². The molecule has 0 aliphatic carbocycles. The summed E-state index contributed by atoms with van der Waals surface area (Å²) in [6, 6.07) is 9.48. The number of benzene rings is 2. The lowest BCUT2D eigenvalue weighted by Crippen LogP contribution is -2.01. The van der Waals surface area contributed by atoms with Crippen LogP contribution in [0.2, 0.25) is 0 Å². The lowest BCUT2D eigenvalue weighted by atomic mass is 10.2. The molecule has 0 aliphatic heterocycles. The monoisotopic (exact) mass is 399 g/mol. The van der Waals surface area contributed by atoms with Gasteiger partial charge >= 0.3 is 0 Å². The van der Waals surface area contributed by atoms with Crippen LogP contribution in [0.15, 0.2) is 39.3 Å². The van der Waals surface area contributed by atoms with E-state index >= 15 is 0 Å². The van der Waals surface area contributed by atoms with E-state index in [9.17, 15) is 5.11 Å². The van der Waals surface area contributed by atoms with Crippen molar-refractivity contribution >= 4 is 37.5 Å². The van der Waals surface area contributed by atoms with Crippen LogP contribution < -0.4 is 10.1 Å². The van der Waals surface area contributed by atoms with Crippen molar-refractivity contribution in [3.63, 3.8) is 0 Å². The highest BCUT2D eigenvalue weighted by atomic mass is 79.9. The van der Waals surface area contributed by atoms with Crippen LogP contribution in [-0.2, 0) is 6.54 Å². The quantitative estimate of drug-likeness (QED) is 0.770. The number of methoxy groups -OCH3 is 1. The SMILES string of the molecule is COc1ccc(CNc2c(Br)cc(C)cc2Br)cc1O. The molecule has 0 saturated carbocycles. The Hall–Kier alpha value is -1.20. The van der Waals surface area contributed by atoms with Gasteiger partial charge in [0.1, 0.15) is 0 Å². The highest BCUT2D eigenvalue weighted by Gasteiger charge is 2.07. The highest BCUT2D eigenvalue weighted by Crippen LogP contribution is 2.33. The molecule has 2 aromatic rings. The van der Waals surface area contributed by atoms with E-state index < -0.39 is 0 Å². The summed E-state index contributed by atoms with van der Waals surface area (Å²) in [6.45, 7) is 2.65. The second kappa shape index (κ2) is 6.50. The number of phenolic OH excluding ortho intramolecular Hbond substituents is 1. The third-order valence-corrected chi connectivity index (χ3v) is 4.15. The van der Waals surface area contributed by atoms with Gasteiger partial charge < -0.3 is 15.2 Å². The lowest BCUT2D eigenvalue weighted by Gasteiger charge is -2.12. The van der Waals surface area contributed by atoms with Gasteiger partial charge in [-0.25, -0.2) is 0 Å². The van der Waals surface area contributed by atoms with Gasteiger partial charge in [0, 0.05) is 15.5 Å². The molecular formula is C15H15Br2NO2. The molecule has 2 aromatic carbocycles. The second-order valence-electron chi connectivity index (χ2n) is 4.46. The van der Waals surface area contributed by atoms with Crippen LogP contribution in [0.25, 0.3) is 0 Å². The zero-order chi connectivity index (χ0) is 14.7. The number of nitrogens with one attached hydrogen (secondary N) is 1. The van der Waals surface area contributed by atoms with Gasteiger partial charge in [-0.05, 0) is 74.2 Å². The molecule has 0 spiro atoms. The van der Waals surface area contributed by atoms with E-state index in [2.05, 4.69) is 49.3 Å². The summed E-state index contributed by atoms with van der Waals surface area (Å²) in [5.74, 6) is 0.625. The number of aryl methyl sites for hydroxylation is 1. The van der Waals surface area contributed by atoms with Crippen molar-refractivity contribution in [1.29, 1.82) is 0 Å². The number of halogens is 2. The fraction of sp³-hybridized carbons (Fsp3) is 0.200. The molecule has 20 heavy (non-hydrogen) atoms. The molecule has 106 valence electrons. The van der Waals surface area contributed by atoms with Crippen LogP contribution in [0, 0.1) is 6.92 Å². The van der Waals surface area contributed by atoms with E-state index in [1.165, 1.54) is 12.7 Å². The third-order valence-electron chi connectivity index (χ3n) is 2.90. The average molecular weight is 401 g/mol. The molecule has 0 aromatic heterocycles. The molecule has 3 nitrogen and oxygen atoms in total. The maximum absolute atomic E-state index is 9.76. The number of ether oxygens (including phenoxy) is 1. The molecule has 2 N–H and O–H groups in total. The second-order valence-corrected chi connectivity index (χ2v) is 6.17. The predicted octanol–water partition coefficient (Wildman–Crippen LogP) is 4.85. The van der Waals surface area contributed by atoms with Gasteiger partial charge in [-0.2, -0.15) is 0 Å². The maximum atomic E-state index is 9.76. The van der Waals surface area contributed by atoms with Crippen molar-refractivity contribution in [1.82, 2.24) is 0 Å². The normalized spacial score (nSPS) is 10.4. The zero-order valence-corrected chi connectivity index (χ0v) is 14.4. The van der Waals surface area contributed by atoms with Crippen LogP contribution >= 0.6 is 31.9 Å². The van der Waals surface area contributed by atoms with Crippen molar-refractivity contribution in [2.45, 2.75) is 13.5 Å². The first kappa shape index (κ1) is 15.2. The molecule has 0 amide bonds. The van der Waals surface area contributed by atoms with Crippen LogP contribution in [0.3, 0.4) is 0 Å². The van der Waals surface area contributed by atoms with Gasteiger partial charge in [-0.3, -0.25) is 0 Å². The number of aromatic hydroxyl groups is 1. The van der Waals surface area contributed by atoms with E-state index in [0.29, 0.717) is 12.3 Å². The maximum Gasteiger partial charge on any atom is 0.160 e. The number of hydrogen-bond donors (Lipinski definition) is 2. The molecule has 0 aliphatic rings. The molecular weight excluding hydrogens is 386 g/mol. The third kappa shape index (κ3) is 3.46. The van der Waals surface area contributed by atoms with Gasteiger partial charge in [0.25, 0.3) is 0 Å². The zero-order valence-electron chi connectivity index (χ0n) is 11.2.